The van der Waals surface area contributed by atoms with Gasteiger partial charge in [-0.1, -0.05) is 53.6 Å². The van der Waals surface area contributed by atoms with E-state index in [1.807, 2.05) is 24.6 Å². The number of halogens is 3. The minimum Gasteiger partial charge on any atom is -0.207 e. The Morgan fingerprint density at radius 2 is 1.67 bits per heavy atom. The predicted molar refractivity (Wildman–Crippen MR) is 75.3 cm³/mol. The first kappa shape index (κ1) is 13.1. The third-order valence-corrected chi connectivity index (χ3v) is 2.96. The second-order valence-corrected chi connectivity index (χ2v) is 4.59. The van der Waals surface area contributed by atoms with Crippen LogP contribution in [0.5, 0.6) is 0 Å². The van der Waals surface area contributed by atoms with Crippen LogP contribution in [0.15, 0.2) is 48.5 Å². The van der Waals surface area contributed by atoms with E-state index < -0.39 is 0 Å². The Kier molecular flexibility index (Phi) is 4.40. The molecule has 0 fully saturated rings. The highest BCUT2D eigenvalue weighted by molar-refractivity contribution is 6.35. The highest BCUT2D eigenvalue weighted by atomic mass is 35.5. The molecule has 0 bridgehead atoms. The minimum atomic E-state index is -0.239. The maximum atomic E-state index is 12.7. The van der Waals surface area contributed by atoms with Gasteiger partial charge in [-0.25, -0.2) is 4.39 Å². The molecule has 0 heterocycles. The lowest BCUT2D eigenvalue weighted by Crippen LogP contribution is -1.80. The normalized spacial score (nSPS) is 11.1. The largest absolute Gasteiger partial charge is 0.207 e. The first-order chi connectivity index (χ1) is 8.65. The molecule has 0 aromatic heterocycles. The minimum absolute atomic E-state index is 0.239. The van der Waals surface area contributed by atoms with E-state index in [9.17, 15) is 4.39 Å². The maximum absolute atomic E-state index is 12.7. The summed E-state index contributed by atoms with van der Waals surface area (Å²) in [7, 11) is 0. The Morgan fingerprint density at radius 1 is 0.944 bits per heavy atom. The second-order valence-electron chi connectivity index (χ2n) is 3.74. The SMILES string of the molecule is Fc1ccc(/C=C/[CH]c2ccc(Cl)cc2Cl)cc1. The zero-order chi connectivity index (χ0) is 13.0. The molecule has 2 aromatic carbocycles. The quantitative estimate of drug-likeness (QED) is 0.706. The third-order valence-electron chi connectivity index (χ3n) is 2.40. The summed E-state index contributed by atoms with van der Waals surface area (Å²) in [5, 5.41) is 1.21. The van der Waals surface area contributed by atoms with Crippen LogP contribution in [0.1, 0.15) is 11.1 Å². The second kappa shape index (κ2) is 6.03. The highest BCUT2D eigenvalue weighted by Gasteiger charge is 1.99. The Morgan fingerprint density at radius 3 is 2.33 bits per heavy atom. The van der Waals surface area contributed by atoms with Crippen molar-refractivity contribution in [3.05, 3.63) is 82.0 Å². The molecular formula is C15H10Cl2F. The summed E-state index contributed by atoms with van der Waals surface area (Å²) in [5.74, 6) is -0.239. The van der Waals surface area contributed by atoms with Gasteiger partial charge in [-0.05, 0) is 35.4 Å². The molecule has 3 heteroatoms. The molecule has 18 heavy (non-hydrogen) atoms. The molecule has 0 aliphatic rings. The first-order valence-electron chi connectivity index (χ1n) is 5.37. The van der Waals surface area contributed by atoms with E-state index in [0.29, 0.717) is 10.0 Å². The molecule has 0 N–H and O–H groups in total. The summed E-state index contributed by atoms with van der Waals surface area (Å²) in [6.45, 7) is 0. The summed E-state index contributed by atoms with van der Waals surface area (Å²) in [6.07, 6.45) is 5.62. The van der Waals surface area contributed by atoms with Crippen LogP contribution in [0, 0.1) is 12.2 Å². The van der Waals surface area contributed by atoms with E-state index in [0.717, 1.165) is 11.1 Å². The molecule has 0 atom stereocenters. The van der Waals surface area contributed by atoms with Crippen LogP contribution in [0.25, 0.3) is 6.08 Å². The average molecular weight is 280 g/mol. The van der Waals surface area contributed by atoms with Crippen LogP contribution in [0.3, 0.4) is 0 Å². The van der Waals surface area contributed by atoms with Gasteiger partial charge in [0.2, 0.25) is 0 Å². The van der Waals surface area contributed by atoms with Gasteiger partial charge in [0.05, 0.1) is 0 Å². The Labute approximate surface area is 116 Å². The van der Waals surface area contributed by atoms with Crippen molar-refractivity contribution in [2.45, 2.75) is 0 Å². The van der Waals surface area contributed by atoms with Crippen molar-refractivity contribution in [3.8, 4) is 0 Å². The fourth-order valence-electron chi connectivity index (χ4n) is 1.47. The summed E-state index contributed by atoms with van der Waals surface area (Å²) in [6, 6.07) is 11.6. The number of benzene rings is 2. The van der Waals surface area contributed by atoms with Crippen molar-refractivity contribution in [1.29, 1.82) is 0 Å². The molecule has 0 saturated carbocycles. The molecule has 2 aromatic rings. The van der Waals surface area contributed by atoms with Gasteiger partial charge in [0.1, 0.15) is 5.82 Å². The van der Waals surface area contributed by atoms with Crippen molar-refractivity contribution in [2.24, 2.45) is 0 Å². The van der Waals surface area contributed by atoms with Crippen molar-refractivity contribution in [1.82, 2.24) is 0 Å². The van der Waals surface area contributed by atoms with E-state index in [1.165, 1.54) is 12.1 Å². The molecule has 0 nitrogen and oxygen atoms in total. The van der Waals surface area contributed by atoms with Crippen LogP contribution in [0.4, 0.5) is 4.39 Å². The van der Waals surface area contributed by atoms with E-state index in [1.54, 1.807) is 24.3 Å². The Hall–Kier alpha value is -1.31. The summed E-state index contributed by atoms with van der Waals surface area (Å²) in [4.78, 5) is 0. The number of hydrogen-bond acceptors (Lipinski definition) is 0. The third kappa shape index (κ3) is 3.59. The molecule has 0 spiro atoms. The fourth-order valence-corrected chi connectivity index (χ4v) is 1.94. The van der Waals surface area contributed by atoms with Crippen LogP contribution in [-0.2, 0) is 0 Å². The molecule has 0 amide bonds. The lowest BCUT2D eigenvalue weighted by atomic mass is 10.1. The van der Waals surface area contributed by atoms with Crippen molar-refractivity contribution in [3.63, 3.8) is 0 Å². The molecule has 1 radical (unpaired) electrons. The summed E-state index contributed by atoms with van der Waals surface area (Å²) >= 11 is 11.8. The molecule has 0 saturated heterocycles. The first-order valence-corrected chi connectivity index (χ1v) is 6.13. The van der Waals surface area contributed by atoms with Crippen molar-refractivity contribution < 1.29 is 4.39 Å². The molecule has 0 unspecified atom stereocenters. The van der Waals surface area contributed by atoms with Gasteiger partial charge in [0, 0.05) is 16.5 Å². The summed E-state index contributed by atoms with van der Waals surface area (Å²) in [5.41, 5.74) is 1.82. The van der Waals surface area contributed by atoms with E-state index >= 15 is 0 Å². The zero-order valence-corrected chi connectivity index (χ0v) is 10.9. The molecule has 0 aliphatic heterocycles. The van der Waals surface area contributed by atoms with Crippen LogP contribution in [-0.4, -0.2) is 0 Å². The van der Waals surface area contributed by atoms with E-state index in [-0.39, 0.29) is 5.82 Å². The topological polar surface area (TPSA) is 0 Å². The van der Waals surface area contributed by atoms with Gasteiger partial charge in [0.15, 0.2) is 0 Å². The predicted octanol–water partition coefficient (Wildman–Crippen LogP) is 5.40. The van der Waals surface area contributed by atoms with Gasteiger partial charge in [-0.15, -0.1) is 0 Å². The lowest BCUT2D eigenvalue weighted by Gasteiger charge is -2.00. The van der Waals surface area contributed by atoms with E-state index in [2.05, 4.69) is 0 Å². The van der Waals surface area contributed by atoms with Gasteiger partial charge in [-0.2, -0.15) is 0 Å². The highest BCUT2D eigenvalue weighted by Crippen LogP contribution is 2.22. The molecule has 0 aliphatic carbocycles. The lowest BCUT2D eigenvalue weighted by molar-refractivity contribution is 0.628. The molecular weight excluding hydrogens is 270 g/mol. The van der Waals surface area contributed by atoms with Crippen LogP contribution >= 0.6 is 23.2 Å². The monoisotopic (exact) mass is 279 g/mol. The number of allylic oxidation sites excluding steroid dienone is 1. The number of hydrogen-bond donors (Lipinski definition) is 0. The standard InChI is InChI=1S/C15H10Cl2F/c16-13-7-6-12(15(17)10-13)3-1-2-11-4-8-14(18)9-5-11/h1-10H/b2-1+. The van der Waals surface area contributed by atoms with Gasteiger partial charge in [0.25, 0.3) is 0 Å². The molecule has 91 valence electrons. The zero-order valence-electron chi connectivity index (χ0n) is 9.41. The smallest absolute Gasteiger partial charge is 0.123 e. The Balaban J connectivity index is 2.05. The van der Waals surface area contributed by atoms with Gasteiger partial charge >= 0.3 is 0 Å². The van der Waals surface area contributed by atoms with E-state index in [4.69, 9.17) is 23.2 Å². The van der Waals surface area contributed by atoms with Gasteiger partial charge < -0.3 is 0 Å². The average Bonchev–Trinajstić information content (AvgIpc) is 2.34. The molecule has 2 rings (SSSR count). The van der Waals surface area contributed by atoms with Crippen LogP contribution in [0.2, 0.25) is 10.0 Å². The van der Waals surface area contributed by atoms with Crippen molar-refractivity contribution >= 4 is 29.3 Å². The number of rotatable bonds is 3. The maximum Gasteiger partial charge on any atom is 0.123 e. The van der Waals surface area contributed by atoms with Crippen molar-refractivity contribution in [2.75, 3.05) is 0 Å². The summed E-state index contributed by atoms with van der Waals surface area (Å²) < 4.78 is 12.7. The fraction of sp³-hybridized carbons (Fsp3) is 0. The van der Waals surface area contributed by atoms with Gasteiger partial charge in [-0.3, -0.25) is 0 Å². The van der Waals surface area contributed by atoms with Crippen LogP contribution < -0.4 is 0 Å². The Bertz CT molecular complexity index is 559.